The SMILES string of the molecule is Cc1ccccc1-n1nc(C)c(CN(Cc2sccc2C)CC(C)O)c1C. The van der Waals surface area contributed by atoms with Gasteiger partial charge in [0, 0.05) is 35.8 Å². The van der Waals surface area contributed by atoms with Crippen molar-refractivity contribution in [2.75, 3.05) is 6.54 Å². The first kappa shape index (κ1) is 19.8. The van der Waals surface area contributed by atoms with Crippen molar-refractivity contribution in [1.29, 1.82) is 0 Å². The third-order valence-corrected chi connectivity index (χ3v) is 6.03. The van der Waals surface area contributed by atoms with E-state index >= 15 is 0 Å². The van der Waals surface area contributed by atoms with E-state index in [-0.39, 0.29) is 6.10 Å². The van der Waals surface area contributed by atoms with E-state index in [1.807, 2.05) is 6.92 Å². The van der Waals surface area contributed by atoms with Gasteiger partial charge >= 0.3 is 0 Å². The van der Waals surface area contributed by atoms with Crippen LogP contribution in [0.25, 0.3) is 5.69 Å². The van der Waals surface area contributed by atoms with Gasteiger partial charge < -0.3 is 5.11 Å². The topological polar surface area (TPSA) is 41.3 Å². The molecule has 2 heterocycles. The van der Waals surface area contributed by atoms with E-state index in [9.17, 15) is 5.11 Å². The maximum absolute atomic E-state index is 10.00. The van der Waals surface area contributed by atoms with Crippen LogP contribution in [0.1, 0.15) is 39.9 Å². The number of hydrogen-bond donors (Lipinski definition) is 1. The standard InChI is InChI=1S/C22H29N3OS/c1-15-8-6-7-9-21(15)25-19(5)20(18(4)23-25)13-24(12-17(3)26)14-22-16(2)10-11-27-22/h6-11,17,26H,12-14H2,1-5H3. The lowest BCUT2D eigenvalue weighted by Gasteiger charge is -2.24. The van der Waals surface area contributed by atoms with Crippen LogP contribution in [0, 0.1) is 27.7 Å². The largest absolute Gasteiger partial charge is 0.392 e. The van der Waals surface area contributed by atoms with E-state index in [4.69, 9.17) is 5.10 Å². The van der Waals surface area contributed by atoms with Crippen LogP contribution in [0.15, 0.2) is 35.7 Å². The molecular weight excluding hydrogens is 354 g/mol. The predicted octanol–water partition coefficient (Wildman–Crippen LogP) is 4.55. The number of aryl methyl sites for hydroxylation is 3. The molecule has 0 radical (unpaired) electrons. The third-order valence-electron chi connectivity index (χ3n) is 5.02. The van der Waals surface area contributed by atoms with Gasteiger partial charge in [0.1, 0.15) is 0 Å². The van der Waals surface area contributed by atoms with Gasteiger partial charge in [0.15, 0.2) is 0 Å². The van der Waals surface area contributed by atoms with E-state index < -0.39 is 0 Å². The van der Waals surface area contributed by atoms with Gasteiger partial charge in [-0.05, 0) is 63.3 Å². The highest BCUT2D eigenvalue weighted by Crippen LogP contribution is 2.24. The lowest BCUT2D eigenvalue weighted by molar-refractivity contribution is 0.118. The van der Waals surface area contributed by atoms with Crippen molar-refractivity contribution in [2.45, 2.75) is 53.8 Å². The highest BCUT2D eigenvalue weighted by atomic mass is 32.1. The zero-order chi connectivity index (χ0) is 19.6. The Morgan fingerprint density at radius 1 is 1.07 bits per heavy atom. The van der Waals surface area contributed by atoms with Crippen LogP contribution in [0.4, 0.5) is 0 Å². The minimum absolute atomic E-state index is 0.364. The summed E-state index contributed by atoms with van der Waals surface area (Å²) in [6, 6.07) is 10.5. The lowest BCUT2D eigenvalue weighted by atomic mass is 10.1. The van der Waals surface area contributed by atoms with Crippen LogP contribution >= 0.6 is 11.3 Å². The van der Waals surface area contributed by atoms with Crippen molar-refractivity contribution in [3.63, 3.8) is 0 Å². The van der Waals surface area contributed by atoms with Crippen LogP contribution in [-0.4, -0.2) is 32.4 Å². The van der Waals surface area contributed by atoms with Crippen molar-refractivity contribution >= 4 is 11.3 Å². The normalized spacial score (nSPS) is 12.7. The molecule has 1 unspecified atom stereocenters. The Morgan fingerprint density at radius 2 is 1.81 bits per heavy atom. The summed E-state index contributed by atoms with van der Waals surface area (Å²) in [7, 11) is 0. The molecule has 0 saturated heterocycles. The van der Waals surface area contributed by atoms with Crippen LogP contribution in [0.2, 0.25) is 0 Å². The molecule has 0 saturated carbocycles. The van der Waals surface area contributed by atoms with E-state index in [2.05, 4.69) is 73.0 Å². The van der Waals surface area contributed by atoms with Crippen molar-refractivity contribution in [2.24, 2.45) is 0 Å². The highest BCUT2D eigenvalue weighted by Gasteiger charge is 2.19. The molecule has 1 N–H and O–H groups in total. The van der Waals surface area contributed by atoms with Crippen LogP contribution in [0.3, 0.4) is 0 Å². The number of rotatable bonds is 7. The molecule has 27 heavy (non-hydrogen) atoms. The number of aliphatic hydroxyl groups excluding tert-OH is 1. The molecule has 0 spiro atoms. The molecular formula is C22H29N3OS. The second-order valence-electron chi connectivity index (χ2n) is 7.39. The van der Waals surface area contributed by atoms with E-state index in [1.54, 1.807) is 11.3 Å². The van der Waals surface area contributed by atoms with Crippen molar-refractivity contribution in [1.82, 2.24) is 14.7 Å². The molecule has 1 atom stereocenters. The average Bonchev–Trinajstić information content (AvgIpc) is 3.13. The summed E-state index contributed by atoms with van der Waals surface area (Å²) in [5.41, 5.74) is 7.12. The molecule has 4 nitrogen and oxygen atoms in total. The summed E-state index contributed by atoms with van der Waals surface area (Å²) in [4.78, 5) is 3.68. The summed E-state index contributed by atoms with van der Waals surface area (Å²) in [5.74, 6) is 0. The third kappa shape index (κ3) is 4.49. The Hall–Kier alpha value is -1.95. The first-order chi connectivity index (χ1) is 12.9. The number of benzene rings is 1. The lowest BCUT2D eigenvalue weighted by Crippen LogP contribution is -2.30. The monoisotopic (exact) mass is 383 g/mol. The number of aliphatic hydroxyl groups is 1. The predicted molar refractivity (Wildman–Crippen MR) is 113 cm³/mol. The number of thiophene rings is 1. The molecule has 0 aliphatic carbocycles. The molecule has 0 bridgehead atoms. The van der Waals surface area contributed by atoms with E-state index in [0.29, 0.717) is 6.54 Å². The molecule has 1 aromatic carbocycles. The fraction of sp³-hybridized carbons (Fsp3) is 0.409. The van der Waals surface area contributed by atoms with Gasteiger partial charge in [-0.2, -0.15) is 5.10 Å². The van der Waals surface area contributed by atoms with E-state index in [0.717, 1.165) is 24.5 Å². The van der Waals surface area contributed by atoms with Gasteiger partial charge in [0.05, 0.1) is 17.5 Å². The molecule has 3 aromatic rings. The van der Waals surface area contributed by atoms with Crippen molar-refractivity contribution in [3.05, 3.63) is 68.7 Å². The Kier molecular flexibility index (Phi) is 6.15. The number of hydrogen-bond acceptors (Lipinski definition) is 4. The zero-order valence-corrected chi connectivity index (χ0v) is 17.7. The maximum Gasteiger partial charge on any atom is 0.0678 e. The second kappa shape index (κ2) is 8.38. The minimum Gasteiger partial charge on any atom is -0.392 e. The number of nitrogens with zero attached hydrogens (tertiary/aromatic N) is 3. The van der Waals surface area contributed by atoms with Crippen LogP contribution in [0.5, 0.6) is 0 Å². The van der Waals surface area contributed by atoms with Gasteiger partial charge in [0.25, 0.3) is 0 Å². The smallest absolute Gasteiger partial charge is 0.0678 e. The summed E-state index contributed by atoms with van der Waals surface area (Å²) in [6.07, 6.45) is -0.364. The Balaban J connectivity index is 1.90. The van der Waals surface area contributed by atoms with Crippen LogP contribution < -0.4 is 0 Å². The highest BCUT2D eigenvalue weighted by molar-refractivity contribution is 7.10. The van der Waals surface area contributed by atoms with E-state index in [1.165, 1.54) is 27.3 Å². The molecule has 0 amide bonds. The molecule has 0 aliphatic heterocycles. The average molecular weight is 384 g/mol. The molecule has 144 valence electrons. The molecule has 0 aliphatic rings. The quantitative estimate of drug-likeness (QED) is 0.651. The zero-order valence-electron chi connectivity index (χ0n) is 16.9. The second-order valence-corrected chi connectivity index (χ2v) is 8.39. The van der Waals surface area contributed by atoms with Gasteiger partial charge in [-0.3, -0.25) is 4.90 Å². The Labute approximate surface area is 166 Å². The fourth-order valence-electron chi connectivity index (χ4n) is 3.49. The maximum atomic E-state index is 10.00. The first-order valence-electron chi connectivity index (χ1n) is 9.41. The summed E-state index contributed by atoms with van der Waals surface area (Å²) >= 11 is 1.78. The number of para-hydroxylation sites is 1. The van der Waals surface area contributed by atoms with Crippen molar-refractivity contribution < 1.29 is 5.11 Å². The molecule has 5 heteroatoms. The fourth-order valence-corrected chi connectivity index (χ4v) is 4.44. The van der Waals surface area contributed by atoms with Gasteiger partial charge in [-0.25, -0.2) is 4.68 Å². The Morgan fingerprint density at radius 3 is 2.44 bits per heavy atom. The van der Waals surface area contributed by atoms with Crippen LogP contribution in [-0.2, 0) is 13.1 Å². The molecule has 0 fully saturated rings. The number of aromatic nitrogens is 2. The molecule has 3 rings (SSSR count). The van der Waals surface area contributed by atoms with Crippen molar-refractivity contribution in [3.8, 4) is 5.69 Å². The minimum atomic E-state index is -0.364. The first-order valence-corrected chi connectivity index (χ1v) is 10.3. The summed E-state index contributed by atoms with van der Waals surface area (Å²) < 4.78 is 2.05. The Bertz CT molecular complexity index is 910. The van der Waals surface area contributed by atoms with Gasteiger partial charge in [-0.1, -0.05) is 18.2 Å². The van der Waals surface area contributed by atoms with Gasteiger partial charge in [0.2, 0.25) is 0 Å². The summed E-state index contributed by atoms with van der Waals surface area (Å²) in [5, 5.41) is 17.0. The molecule has 2 aromatic heterocycles. The van der Waals surface area contributed by atoms with Gasteiger partial charge in [-0.15, -0.1) is 11.3 Å². The summed E-state index contributed by atoms with van der Waals surface area (Å²) in [6.45, 7) is 12.6.